The van der Waals surface area contributed by atoms with E-state index >= 15 is 0 Å². The van der Waals surface area contributed by atoms with Crippen molar-refractivity contribution < 1.29 is 37.0 Å². The number of hydrogen-bond acceptors (Lipinski definition) is 5. The number of halogens is 5. The van der Waals surface area contributed by atoms with Crippen LogP contribution in [0.4, 0.5) is 28.0 Å². The zero-order chi connectivity index (χ0) is 22.8. The molecule has 0 saturated carbocycles. The highest BCUT2D eigenvalue weighted by atomic mass is 35.5. The summed E-state index contributed by atoms with van der Waals surface area (Å²) in [7, 11) is 0. The highest BCUT2D eigenvalue weighted by Gasteiger charge is 2.59. The highest BCUT2D eigenvalue weighted by molar-refractivity contribution is 6.30. The van der Waals surface area contributed by atoms with Gasteiger partial charge in [-0.1, -0.05) is 11.6 Å². The van der Waals surface area contributed by atoms with Gasteiger partial charge in [-0.3, -0.25) is 10.1 Å². The topological polar surface area (TPSA) is 113 Å². The first-order chi connectivity index (χ1) is 14.5. The minimum atomic E-state index is -5.15. The van der Waals surface area contributed by atoms with Crippen LogP contribution in [0.3, 0.4) is 0 Å². The Kier molecular flexibility index (Phi) is 6.13. The lowest BCUT2D eigenvalue weighted by atomic mass is 9.88. The molecule has 1 aromatic carbocycles. The Hall–Kier alpha value is -3.25. The molecular formula is C18H13ClF4N4O4. The number of hydrogen-bond donors (Lipinski definition) is 3. The quantitative estimate of drug-likeness (QED) is 0.606. The molecule has 3 N–H and O–H groups in total. The van der Waals surface area contributed by atoms with Gasteiger partial charge >= 0.3 is 12.3 Å². The van der Waals surface area contributed by atoms with Crippen LogP contribution in [0.25, 0.3) is 0 Å². The third-order valence-corrected chi connectivity index (χ3v) is 4.45. The van der Waals surface area contributed by atoms with Gasteiger partial charge in [-0.2, -0.15) is 13.2 Å². The molecule has 164 valence electrons. The first-order valence-corrected chi connectivity index (χ1v) is 8.86. The van der Waals surface area contributed by atoms with E-state index in [4.69, 9.17) is 21.4 Å². The van der Waals surface area contributed by atoms with Crippen LogP contribution in [0, 0.1) is 5.82 Å². The van der Waals surface area contributed by atoms with Crippen LogP contribution in [0.1, 0.15) is 16.1 Å². The maximum absolute atomic E-state index is 14.5. The van der Waals surface area contributed by atoms with E-state index in [0.29, 0.717) is 0 Å². The molecule has 13 heteroatoms. The minimum Gasteiger partial charge on any atom is -0.465 e. The van der Waals surface area contributed by atoms with Gasteiger partial charge in [-0.25, -0.2) is 19.2 Å². The van der Waals surface area contributed by atoms with E-state index in [-0.39, 0.29) is 16.4 Å². The highest BCUT2D eigenvalue weighted by Crippen LogP contribution is 2.45. The number of benzene rings is 1. The average molecular weight is 461 g/mol. The Bertz CT molecular complexity index is 1050. The van der Waals surface area contributed by atoms with E-state index in [1.54, 1.807) is 5.32 Å². The first kappa shape index (κ1) is 22.4. The van der Waals surface area contributed by atoms with E-state index in [2.05, 4.69) is 15.3 Å². The summed E-state index contributed by atoms with van der Waals surface area (Å²) in [6.45, 7) is -1.63. The number of aromatic nitrogens is 1. The van der Waals surface area contributed by atoms with E-state index in [0.717, 1.165) is 18.2 Å². The number of amidine groups is 1. The van der Waals surface area contributed by atoms with Crippen molar-refractivity contribution in [3.05, 3.63) is 58.6 Å². The Morgan fingerprint density at radius 2 is 1.94 bits per heavy atom. The molecule has 1 aliphatic rings. The average Bonchev–Trinajstić information content (AvgIpc) is 2.68. The van der Waals surface area contributed by atoms with Crippen LogP contribution in [0.2, 0.25) is 5.02 Å². The molecule has 1 unspecified atom stereocenters. The number of rotatable bonds is 3. The fourth-order valence-corrected chi connectivity index (χ4v) is 2.95. The molecule has 0 spiro atoms. The lowest BCUT2D eigenvalue weighted by Crippen LogP contribution is -2.51. The molecule has 0 saturated heterocycles. The number of pyridine rings is 1. The van der Waals surface area contributed by atoms with Crippen molar-refractivity contribution in [1.82, 2.24) is 10.3 Å². The fourth-order valence-electron chi connectivity index (χ4n) is 2.84. The number of carboxylic acid groups (broad SMARTS) is 1. The summed E-state index contributed by atoms with van der Waals surface area (Å²) < 4.78 is 61.5. The molecule has 0 fully saturated rings. The summed E-state index contributed by atoms with van der Waals surface area (Å²) in [6.07, 6.45) is -5.60. The van der Waals surface area contributed by atoms with Crippen LogP contribution in [-0.4, -0.2) is 47.3 Å². The molecular weight excluding hydrogens is 448 g/mol. The van der Waals surface area contributed by atoms with Crippen LogP contribution in [0.5, 0.6) is 0 Å². The van der Waals surface area contributed by atoms with Gasteiger partial charge in [0, 0.05) is 17.4 Å². The van der Waals surface area contributed by atoms with Crippen molar-refractivity contribution in [1.29, 1.82) is 0 Å². The number of carbonyl (C=O) groups is 2. The Morgan fingerprint density at radius 1 is 1.19 bits per heavy atom. The lowest BCUT2D eigenvalue weighted by Gasteiger charge is -2.36. The van der Waals surface area contributed by atoms with Crippen molar-refractivity contribution in [2.24, 2.45) is 4.99 Å². The number of nitrogens with one attached hydrogen (secondary N) is 2. The molecule has 3 rings (SSSR count). The summed E-state index contributed by atoms with van der Waals surface area (Å²) >= 11 is 5.69. The maximum atomic E-state index is 14.5. The van der Waals surface area contributed by atoms with Crippen molar-refractivity contribution in [3.8, 4) is 0 Å². The van der Waals surface area contributed by atoms with Gasteiger partial charge in [0.2, 0.25) is 5.54 Å². The molecule has 1 atom stereocenters. The van der Waals surface area contributed by atoms with E-state index in [9.17, 15) is 27.2 Å². The summed E-state index contributed by atoms with van der Waals surface area (Å²) in [4.78, 5) is 30.3. The number of nitrogens with zero attached hydrogens (tertiary/aromatic N) is 2. The van der Waals surface area contributed by atoms with Crippen molar-refractivity contribution >= 4 is 35.1 Å². The summed E-state index contributed by atoms with van der Waals surface area (Å²) in [6, 6.07) is 5.22. The van der Waals surface area contributed by atoms with Crippen molar-refractivity contribution in [2.45, 2.75) is 11.7 Å². The molecule has 1 aliphatic heterocycles. The normalized spacial score (nSPS) is 18.8. The SMILES string of the molecule is O=C(O)NC1=NC(c2cc(NC(=O)c3ccc(Cl)cn3)ccc2F)(C(F)(F)F)COC1. The number of aliphatic imine (C=N–C) groups is 1. The number of ether oxygens (including phenoxy) is 1. The van der Waals surface area contributed by atoms with Crippen LogP contribution < -0.4 is 10.6 Å². The number of amides is 2. The van der Waals surface area contributed by atoms with Gasteiger partial charge in [0.05, 0.1) is 11.6 Å². The summed E-state index contributed by atoms with van der Waals surface area (Å²) in [5, 5.41) is 13.1. The third-order valence-electron chi connectivity index (χ3n) is 4.23. The van der Waals surface area contributed by atoms with Gasteiger partial charge in [0.25, 0.3) is 5.91 Å². The van der Waals surface area contributed by atoms with E-state index < -0.39 is 54.1 Å². The number of carbonyl (C=O) groups excluding carboxylic acids is 1. The predicted octanol–water partition coefficient (Wildman–Crippen LogP) is 3.58. The Morgan fingerprint density at radius 3 is 2.55 bits per heavy atom. The summed E-state index contributed by atoms with van der Waals surface area (Å²) in [5.74, 6) is -2.69. The Balaban J connectivity index is 2.02. The lowest BCUT2D eigenvalue weighted by molar-refractivity contribution is -0.206. The van der Waals surface area contributed by atoms with Gasteiger partial charge in [-0.05, 0) is 30.3 Å². The van der Waals surface area contributed by atoms with Crippen molar-refractivity contribution in [2.75, 3.05) is 18.5 Å². The predicted molar refractivity (Wildman–Crippen MR) is 101 cm³/mol. The first-order valence-electron chi connectivity index (χ1n) is 8.48. The molecule has 1 aromatic heterocycles. The standard InChI is InChI=1S/C18H13ClF4N4O4/c19-9-1-4-13(24-6-9)15(28)25-10-2-3-12(20)11(5-10)17(18(21,22)23)8-31-7-14(27-17)26-16(29)30/h1-6H,7-8H2,(H,25,28)(H,26,27)(H,29,30). The van der Waals surface area contributed by atoms with Gasteiger partial charge in [0.15, 0.2) is 0 Å². The molecule has 0 aliphatic carbocycles. The molecule has 8 nitrogen and oxygen atoms in total. The van der Waals surface area contributed by atoms with Crippen LogP contribution in [0.15, 0.2) is 41.5 Å². The maximum Gasteiger partial charge on any atom is 0.420 e. The zero-order valence-corrected chi connectivity index (χ0v) is 16.1. The number of anilines is 1. The van der Waals surface area contributed by atoms with E-state index in [1.165, 1.54) is 18.3 Å². The smallest absolute Gasteiger partial charge is 0.420 e. The minimum absolute atomic E-state index is 0.0761. The molecule has 31 heavy (non-hydrogen) atoms. The molecule has 2 heterocycles. The zero-order valence-electron chi connectivity index (χ0n) is 15.3. The molecule has 2 aromatic rings. The van der Waals surface area contributed by atoms with Crippen LogP contribution in [-0.2, 0) is 10.3 Å². The van der Waals surface area contributed by atoms with E-state index in [1.807, 2.05) is 0 Å². The third kappa shape index (κ3) is 4.75. The van der Waals surface area contributed by atoms with Gasteiger partial charge in [0.1, 0.15) is 24.0 Å². The van der Waals surface area contributed by atoms with Gasteiger partial charge in [-0.15, -0.1) is 0 Å². The van der Waals surface area contributed by atoms with Gasteiger partial charge < -0.3 is 15.2 Å². The second kappa shape index (κ2) is 8.47. The van der Waals surface area contributed by atoms with Crippen LogP contribution >= 0.6 is 11.6 Å². The second-order valence-corrected chi connectivity index (χ2v) is 6.79. The molecule has 0 bridgehead atoms. The second-order valence-electron chi connectivity index (χ2n) is 6.35. The largest absolute Gasteiger partial charge is 0.465 e. The fraction of sp³-hybridized carbons (Fsp3) is 0.222. The van der Waals surface area contributed by atoms with Crippen molar-refractivity contribution in [3.63, 3.8) is 0 Å². The molecule has 0 radical (unpaired) electrons. The Labute approximate surface area is 176 Å². The monoisotopic (exact) mass is 460 g/mol. The molecule has 2 amide bonds. The summed E-state index contributed by atoms with van der Waals surface area (Å²) in [5.41, 5.74) is -4.43. The number of alkyl halides is 3.